The summed E-state index contributed by atoms with van der Waals surface area (Å²) in [6.45, 7) is 3.57. The molecule has 0 N–H and O–H groups in total. The van der Waals surface area contributed by atoms with E-state index in [1.54, 1.807) is 25.4 Å². The number of carbonyl (C=O) groups is 1. The van der Waals surface area contributed by atoms with E-state index in [-0.39, 0.29) is 24.6 Å². The summed E-state index contributed by atoms with van der Waals surface area (Å²) in [4.78, 5) is 30.4. The van der Waals surface area contributed by atoms with Gasteiger partial charge in [-0.1, -0.05) is 6.92 Å². The lowest BCUT2D eigenvalue weighted by Crippen LogP contribution is -2.57. The highest BCUT2D eigenvalue weighted by Gasteiger charge is 2.47. The van der Waals surface area contributed by atoms with Crippen molar-refractivity contribution < 1.29 is 14.3 Å². The Morgan fingerprint density at radius 1 is 1.27 bits per heavy atom. The summed E-state index contributed by atoms with van der Waals surface area (Å²) in [5.74, 6) is 1.85. The summed E-state index contributed by atoms with van der Waals surface area (Å²) in [5.41, 5.74) is 0.793. The number of methoxy groups -OCH3 is 1. The summed E-state index contributed by atoms with van der Waals surface area (Å²) in [6, 6.07) is 8.05. The van der Waals surface area contributed by atoms with Crippen molar-refractivity contribution in [3.8, 4) is 11.9 Å². The Morgan fingerprint density at radius 2 is 2.12 bits per heavy atom. The van der Waals surface area contributed by atoms with Crippen molar-refractivity contribution in [2.75, 3.05) is 31.7 Å². The number of anilines is 1. The number of carbonyl (C=O) groups excluding carboxylic acids is 1. The monoisotopic (exact) mass is 448 g/mol. The van der Waals surface area contributed by atoms with Gasteiger partial charge in [0.1, 0.15) is 30.4 Å². The van der Waals surface area contributed by atoms with Gasteiger partial charge in [0.25, 0.3) is 0 Å². The normalized spacial score (nSPS) is 25.3. The van der Waals surface area contributed by atoms with Crippen LogP contribution in [0.15, 0.2) is 30.7 Å². The van der Waals surface area contributed by atoms with E-state index >= 15 is 0 Å². The Morgan fingerprint density at radius 3 is 2.76 bits per heavy atom. The van der Waals surface area contributed by atoms with Crippen molar-refractivity contribution in [1.82, 2.24) is 19.9 Å². The molecule has 2 saturated heterocycles. The lowest BCUT2D eigenvalue weighted by Gasteiger charge is -2.44. The Kier molecular flexibility index (Phi) is 5.62. The molecule has 0 aromatic carbocycles. The average Bonchev–Trinajstić information content (AvgIpc) is 3.02. The zero-order valence-electron chi connectivity index (χ0n) is 19.0. The van der Waals surface area contributed by atoms with Gasteiger partial charge >= 0.3 is 0 Å². The molecule has 2 unspecified atom stereocenters. The number of aromatic nitrogens is 3. The summed E-state index contributed by atoms with van der Waals surface area (Å²) in [6.07, 6.45) is 6.82. The molecular weight excluding hydrogens is 420 g/mol. The third-order valence-electron chi connectivity index (χ3n) is 7.34. The van der Waals surface area contributed by atoms with E-state index in [9.17, 15) is 4.79 Å². The van der Waals surface area contributed by atoms with E-state index < -0.39 is 5.60 Å². The maximum atomic E-state index is 13.2. The topological polar surface area (TPSA) is 104 Å². The van der Waals surface area contributed by atoms with Crippen LogP contribution in [0.2, 0.25) is 0 Å². The van der Waals surface area contributed by atoms with Crippen molar-refractivity contribution in [2.24, 2.45) is 5.92 Å². The van der Waals surface area contributed by atoms with Crippen LogP contribution < -0.4 is 9.64 Å². The number of hydrogen-bond acceptors (Lipinski definition) is 8. The van der Waals surface area contributed by atoms with Crippen LogP contribution in [0.4, 0.5) is 5.82 Å². The molecule has 2 aliphatic heterocycles. The predicted octanol–water partition coefficient (Wildman–Crippen LogP) is 2.27. The number of fused-ring (bicyclic) bond motifs is 2. The molecule has 3 atom stereocenters. The van der Waals surface area contributed by atoms with Crippen LogP contribution in [-0.4, -0.2) is 64.6 Å². The maximum Gasteiger partial charge on any atom is 0.248 e. The quantitative estimate of drug-likeness (QED) is 0.663. The van der Waals surface area contributed by atoms with Gasteiger partial charge < -0.3 is 19.3 Å². The van der Waals surface area contributed by atoms with E-state index in [4.69, 9.17) is 14.7 Å². The minimum Gasteiger partial charge on any atom is -0.481 e. The first-order valence-electron chi connectivity index (χ1n) is 11.5. The number of piperazine rings is 1. The maximum absolute atomic E-state index is 13.2. The lowest BCUT2D eigenvalue weighted by atomic mass is 9.77. The highest BCUT2D eigenvalue weighted by molar-refractivity contribution is 5.78. The molecular formula is C24H28N6O3. The number of pyridine rings is 1. The smallest absolute Gasteiger partial charge is 0.248 e. The van der Waals surface area contributed by atoms with E-state index in [1.165, 1.54) is 6.33 Å². The highest BCUT2D eigenvalue weighted by Crippen LogP contribution is 2.44. The number of ether oxygens (including phenoxy) is 2. The van der Waals surface area contributed by atoms with Crippen LogP contribution >= 0.6 is 0 Å². The molecule has 33 heavy (non-hydrogen) atoms. The van der Waals surface area contributed by atoms with Crippen LogP contribution in [0.5, 0.6) is 5.88 Å². The van der Waals surface area contributed by atoms with E-state index in [1.807, 2.05) is 11.0 Å². The fraction of sp³-hybridized carbons (Fsp3) is 0.542. The zero-order chi connectivity index (χ0) is 23.0. The van der Waals surface area contributed by atoms with Crippen molar-refractivity contribution in [3.63, 3.8) is 0 Å². The molecule has 9 nitrogen and oxygen atoms in total. The average molecular weight is 449 g/mol. The Labute approximate surface area is 193 Å². The van der Waals surface area contributed by atoms with Crippen LogP contribution in [-0.2, 0) is 15.1 Å². The van der Waals surface area contributed by atoms with E-state index in [0.29, 0.717) is 30.5 Å². The minimum absolute atomic E-state index is 0.0128. The van der Waals surface area contributed by atoms with Gasteiger partial charge in [-0.05, 0) is 43.7 Å². The van der Waals surface area contributed by atoms with Gasteiger partial charge in [-0.3, -0.25) is 4.79 Å². The van der Waals surface area contributed by atoms with Gasteiger partial charge in [0, 0.05) is 31.4 Å². The minimum atomic E-state index is -0.535. The summed E-state index contributed by atoms with van der Waals surface area (Å²) >= 11 is 0. The number of likely N-dealkylation sites (tertiary alicyclic amines) is 1. The van der Waals surface area contributed by atoms with Gasteiger partial charge in [-0.15, -0.1) is 0 Å². The van der Waals surface area contributed by atoms with Gasteiger partial charge in [-0.2, -0.15) is 5.26 Å². The van der Waals surface area contributed by atoms with E-state index in [2.05, 4.69) is 32.8 Å². The third-order valence-corrected chi connectivity index (χ3v) is 7.34. The van der Waals surface area contributed by atoms with E-state index in [0.717, 1.165) is 37.2 Å². The largest absolute Gasteiger partial charge is 0.481 e. The van der Waals surface area contributed by atoms with Crippen LogP contribution in [0.25, 0.3) is 0 Å². The van der Waals surface area contributed by atoms with Gasteiger partial charge in [0.15, 0.2) is 0 Å². The molecule has 1 saturated carbocycles. The first-order chi connectivity index (χ1) is 16.0. The SMILES string of the molecule is COc1cc(C2(OCC(=O)N3CC4C[C@H](C)C(C3)N4c3ccc(C#N)cn3)CCC2)ncn1. The molecule has 172 valence electrons. The lowest BCUT2D eigenvalue weighted by molar-refractivity contribution is -0.155. The van der Waals surface area contributed by atoms with Crippen molar-refractivity contribution in [1.29, 1.82) is 5.26 Å². The van der Waals surface area contributed by atoms with Gasteiger partial charge in [-0.25, -0.2) is 15.0 Å². The standard InChI is InChI=1S/C24H28N6O3/c1-16-8-18-12-29(13-19(16)30(18)21-5-4-17(10-25)11-26-21)23(31)14-33-24(6-3-7-24)20-9-22(32-2)28-15-27-20/h4-5,9,11,15-16,18-19H,3,6-8,12-14H2,1-2H3/t16-,18?,19?/m0/s1. The third kappa shape index (κ3) is 3.89. The van der Waals surface area contributed by atoms with Crippen molar-refractivity contribution in [2.45, 2.75) is 50.3 Å². The predicted molar refractivity (Wildman–Crippen MR) is 119 cm³/mol. The Hall–Kier alpha value is -3.25. The molecule has 1 amide bonds. The number of amides is 1. The second-order valence-corrected chi connectivity index (χ2v) is 9.24. The Bertz CT molecular complexity index is 1060. The van der Waals surface area contributed by atoms with Crippen LogP contribution in [0, 0.1) is 17.2 Å². The fourth-order valence-corrected chi connectivity index (χ4v) is 5.36. The first kappa shape index (κ1) is 21.6. The second kappa shape index (κ2) is 8.60. The zero-order valence-corrected chi connectivity index (χ0v) is 19.0. The number of nitriles is 1. The van der Waals surface area contributed by atoms with Gasteiger partial charge in [0.05, 0.1) is 24.4 Å². The first-order valence-corrected chi connectivity index (χ1v) is 11.5. The molecule has 0 radical (unpaired) electrons. The fourth-order valence-electron chi connectivity index (χ4n) is 5.36. The summed E-state index contributed by atoms with van der Waals surface area (Å²) in [5, 5.41) is 9.05. The summed E-state index contributed by atoms with van der Waals surface area (Å²) in [7, 11) is 1.58. The molecule has 2 aromatic heterocycles. The van der Waals surface area contributed by atoms with Crippen molar-refractivity contribution in [3.05, 3.63) is 42.0 Å². The molecule has 3 fully saturated rings. The number of rotatable bonds is 6. The Balaban J connectivity index is 1.25. The molecule has 2 aromatic rings. The number of nitrogens with zero attached hydrogens (tertiary/aromatic N) is 6. The molecule has 0 spiro atoms. The summed E-state index contributed by atoms with van der Waals surface area (Å²) < 4.78 is 11.5. The van der Waals surface area contributed by atoms with Crippen LogP contribution in [0.1, 0.15) is 43.9 Å². The molecule has 9 heteroatoms. The molecule has 4 heterocycles. The molecule has 3 aliphatic rings. The number of hydrogen-bond donors (Lipinski definition) is 0. The second-order valence-electron chi connectivity index (χ2n) is 9.24. The van der Waals surface area contributed by atoms with Gasteiger partial charge in [0.2, 0.25) is 11.8 Å². The highest BCUT2D eigenvalue weighted by atomic mass is 16.5. The molecule has 1 aliphatic carbocycles. The molecule has 5 rings (SSSR count). The van der Waals surface area contributed by atoms with Crippen LogP contribution in [0.3, 0.4) is 0 Å². The molecule has 2 bridgehead atoms. The van der Waals surface area contributed by atoms with Crippen molar-refractivity contribution >= 4 is 11.7 Å².